The number of carbonyl (C=O) groups is 1. The molecule has 1 saturated carbocycles. The Labute approximate surface area is 175 Å². The van der Waals surface area contributed by atoms with Crippen molar-refractivity contribution in [2.24, 2.45) is 7.05 Å². The fourth-order valence-corrected chi connectivity index (χ4v) is 4.14. The topological polar surface area (TPSA) is 123 Å². The maximum atomic E-state index is 12.1. The first-order chi connectivity index (χ1) is 14.5. The number of hydrogen-bond donors (Lipinski definition) is 1. The van der Waals surface area contributed by atoms with E-state index < -0.39 is 5.54 Å². The molecule has 3 aromatic heterocycles. The van der Waals surface area contributed by atoms with Crippen LogP contribution in [0.25, 0.3) is 21.3 Å². The minimum atomic E-state index is -0.699. The van der Waals surface area contributed by atoms with Gasteiger partial charge in [0.15, 0.2) is 0 Å². The van der Waals surface area contributed by atoms with Crippen LogP contribution >= 0.6 is 11.3 Å². The van der Waals surface area contributed by atoms with Crippen LogP contribution in [0.4, 0.5) is 0 Å². The first-order valence-electron chi connectivity index (χ1n) is 9.44. The number of rotatable bonds is 6. The molecule has 9 nitrogen and oxygen atoms in total. The molecule has 0 radical (unpaired) electrons. The maximum Gasteiger partial charge on any atom is 0.230 e. The third-order valence-electron chi connectivity index (χ3n) is 4.94. The molecule has 150 valence electrons. The zero-order valence-electron chi connectivity index (χ0n) is 16.1. The van der Waals surface area contributed by atoms with Gasteiger partial charge in [0.05, 0.1) is 28.9 Å². The minimum Gasteiger partial charge on any atom is -0.424 e. The van der Waals surface area contributed by atoms with Crippen molar-refractivity contribution in [3.8, 4) is 17.2 Å². The van der Waals surface area contributed by atoms with Crippen molar-refractivity contribution in [3.63, 3.8) is 0 Å². The molecule has 1 N–H and O–H groups in total. The summed E-state index contributed by atoms with van der Waals surface area (Å²) in [5.41, 5.74) is 2.31. The van der Waals surface area contributed by atoms with E-state index in [1.54, 1.807) is 16.0 Å². The van der Waals surface area contributed by atoms with Crippen LogP contribution in [0.3, 0.4) is 0 Å². The van der Waals surface area contributed by atoms with Gasteiger partial charge >= 0.3 is 0 Å². The van der Waals surface area contributed by atoms with Crippen LogP contribution in [-0.2, 0) is 24.7 Å². The number of aromatic nitrogens is 5. The highest BCUT2D eigenvalue weighted by Crippen LogP contribution is 2.34. The van der Waals surface area contributed by atoms with Crippen LogP contribution in [0.15, 0.2) is 35.0 Å². The number of benzene rings is 1. The van der Waals surface area contributed by atoms with Crippen LogP contribution < -0.4 is 5.32 Å². The van der Waals surface area contributed by atoms with Gasteiger partial charge in [-0.1, -0.05) is 6.07 Å². The van der Waals surface area contributed by atoms with E-state index in [9.17, 15) is 4.79 Å². The second-order valence-electron chi connectivity index (χ2n) is 7.38. The maximum absolute atomic E-state index is 12.1. The number of amides is 1. The van der Waals surface area contributed by atoms with E-state index in [0.29, 0.717) is 25.2 Å². The Kier molecular flexibility index (Phi) is 4.33. The number of nitriles is 1. The summed E-state index contributed by atoms with van der Waals surface area (Å²) in [5.74, 6) is 0.356. The van der Waals surface area contributed by atoms with Crippen molar-refractivity contribution in [1.82, 2.24) is 30.3 Å². The molecule has 5 rings (SSSR count). The Morgan fingerprint density at radius 2 is 2.17 bits per heavy atom. The SMILES string of the molecule is Cn1cc(-c2ccc3sc(Cc4nnc(CC(=O)NC5(C#N)CC5)o4)nc3c2)cn1. The normalized spacial score (nSPS) is 14.5. The molecule has 0 spiro atoms. The van der Waals surface area contributed by atoms with Crippen LogP contribution in [0.5, 0.6) is 0 Å². The van der Waals surface area contributed by atoms with Gasteiger partial charge < -0.3 is 9.73 Å². The predicted octanol–water partition coefficient (Wildman–Crippen LogP) is 2.39. The average molecular weight is 419 g/mol. The lowest BCUT2D eigenvalue weighted by atomic mass is 10.1. The number of nitrogens with one attached hydrogen (secondary N) is 1. The van der Waals surface area contributed by atoms with Gasteiger partial charge in [-0.15, -0.1) is 21.5 Å². The quantitative estimate of drug-likeness (QED) is 0.509. The lowest BCUT2D eigenvalue weighted by Crippen LogP contribution is -2.36. The molecule has 4 aromatic rings. The van der Waals surface area contributed by atoms with E-state index in [-0.39, 0.29) is 18.2 Å². The summed E-state index contributed by atoms with van der Waals surface area (Å²) >= 11 is 1.57. The summed E-state index contributed by atoms with van der Waals surface area (Å²) in [6, 6.07) is 8.27. The van der Waals surface area contributed by atoms with E-state index in [1.807, 2.05) is 31.6 Å². The molecular weight excluding hydrogens is 402 g/mol. The van der Waals surface area contributed by atoms with Gasteiger partial charge in [0.25, 0.3) is 0 Å². The molecule has 1 amide bonds. The first-order valence-corrected chi connectivity index (χ1v) is 10.3. The van der Waals surface area contributed by atoms with Crippen LogP contribution in [0, 0.1) is 11.3 Å². The Balaban J connectivity index is 1.28. The average Bonchev–Trinajstić information content (AvgIpc) is 3.05. The Hall–Kier alpha value is -3.58. The van der Waals surface area contributed by atoms with Gasteiger partial charge in [-0.25, -0.2) is 4.98 Å². The van der Waals surface area contributed by atoms with Crippen molar-refractivity contribution in [3.05, 3.63) is 47.4 Å². The van der Waals surface area contributed by atoms with Gasteiger partial charge in [0.1, 0.15) is 17.0 Å². The van der Waals surface area contributed by atoms with E-state index in [1.165, 1.54) is 0 Å². The molecule has 1 aliphatic rings. The third-order valence-corrected chi connectivity index (χ3v) is 5.97. The summed E-state index contributed by atoms with van der Waals surface area (Å²) in [6.45, 7) is 0. The van der Waals surface area contributed by atoms with Crippen molar-refractivity contribution in [2.75, 3.05) is 0 Å². The van der Waals surface area contributed by atoms with E-state index in [2.05, 4.69) is 37.7 Å². The molecule has 0 aliphatic heterocycles. The summed E-state index contributed by atoms with van der Waals surface area (Å²) in [6.07, 6.45) is 5.52. The highest BCUT2D eigenvalue weighted by atomic mass is 32.1. The number of thiazole rings is 1. The second kappa shape index (κ2) is 7.03. The fourth-order valence-electron chi connectivity index (χ4n) is 3.20. The molecule has 1 aliphatic carbocycles. The lowest BCUT2D eigenvalue weighted by Gasteiger charge is -2.06. The van der Waals surface area contributed by atoms with E-state index in [0.717, 1.165) is 26.4 Å². The number of aryl methyl sites for hydroxylation is 1. The monoisotopic (exact) mass is 419 g/mol. The zero-order valence-corrected chi connectivity index (χ0v) is 16.9. The lowest BCUT2D eigenvalue weighted by molar-refractivity contribution is -0.121. The largest absolute Gasteiger partial charge is 0.424 e. The van der Waals surface area contributed by atoms with Crippen molar-refractivity contribution >= 4 is 27.5 Å². The van der Waals surface area contributed by atoms with E-state index in [4.69, 9.17) is 9.68 Å². The summed E-state index contributed by atoms with van der Waals surface area (Å²) in [7, 11) is 1.89. The summed E-state index contributed by atoms with van der Waals surface area (Å²) in [4.78, 5) is 16.7. The minimum absolute atomic E-state index is 0.0370. The van der Waals surface area contributed by atoms with Gasteiger partial charge in [-0.3, -0.25) is 9.48 Å². The molecule has 0 atom stereocenters. The first kappa shape index (κ1) is 18.4. The molecule has 0 saturated heterocycles. The molecule has 0 unspecified atom stereocenters. The van der Waals surface area contributed by atoms with Crippen molar-refractivity contribution < 1.29 is 9.21 Å². The molecule has 0 bridgehead atoms. The Morgan fingerprint density at radius 3 is 2.90 bits per heavy atom. The van der Waals surface area contributed by atoms with Crippen molar-refractivity contribution in [2.45, 2.75) is 31.2 Å². The van der Waals surface area contributed by atoms with Crippen LogP contribution in [0.2, 0.25) is 0 Å². The molecule has 1 aromatic carbocycles. The van der Waals surface area contributed by atoms with Gasteiger partial charge in [0.2, 0.25) is 17.7 Å². The second-order valence-corrected chi connectivity index (χ2v) is 8.49. The molecule has 3 heterocycles. The van der Waals surface area contributed by atoms with Gasteiger partial charge in [-0.2, -0.15) is 10.4 Å². The third kappa shape index (κ3) is 3.67. The molecule has 10 heteroatoms. The zero-order chi connectivity index (χ0) is 20.7. The number of fused-ring (bicyclic) bond motifs is 1. The highest BCUT2D eigenvalue weighted by molar-refractivity contribution is 7.18. The van der Waals surface area contributed by atoms with Gasteiger partial charge in [0, 0.05) is 18.8 Å². The number of carbonyl (C=O) groups excluding carboxylic acids is 1. The summed E-state index contributed by atoms with van der Waals surface area (Å²) < 4.78 is 8.45. The van der Waals surface area contributed by atoms with Crippen molar-refractivity contribution in [1.29, 1.82) is 5.26 Å². The summed E-state index contributed by atoms with van der Waals surface area (Å²) in [5, 5.41) is 24.8. The van der Waals surface area contributed by atoms with Crippen LogP contribution in [-0.4, -0.2) is 36.4 Å². The van der Waals surface area contributed by atoms with E-state index >= 15 is 0 Å². The highest BCUT2D eigenvalue weighted by Gasteiger charge is 2.44. The Morgan fingerprint density at radius 1 is 1.33 bits per heavy atom. The van der Waals surface area contributed by atoms with Gasteiger partial charge in [-0.05, 0) is 30.5 Å². The molecule has 1 fully saturated rings. The van der Waals surface area contributed by atoms with Crippen LogP contribution in [0.1, 0.15) is 29.6 Å². The molecular formula is C20H17N7O2S. The predicted molar refractivity (Wildman–Crippen MR) is 108 cm³/mol. The fraction of sp³-hybridized carbons (Fsp3) is 0.300. The number of hydrogen-bond acceptors (Lipinski definition) is 8. The molecule has 30 heavy (non-hydrogen) atoms. The Bertz CT molecular complexity index is 1290. The standard InChI is InChI=1S/C20H17N7O2S/c1-27-10-13(9-22-27)12-2-3-15-14(6-12)23-19(30-15)8-18-26-25-17(29-18)7-16(28)24-20(11-21)4-5-20/h2-3,6,9-10H,4-5,7-8H2,1H3,(H,24,28). The smallest absolute Gasteiger partial charge is 0.230 e. The number of nitrogens with zero attached hydrogens (tertiary/aromatic N) is 6.